The number of amidine groups is 1. The predicted octanol–water partition coefficient (Wildman–Crippen LogP) is 3.67. The second-order valence-electron chi connectivity index (χ2n) is 4.29. The normalized spacial score (nSPS) is 23.3. The summed E-state index contributed by atoms with van der Waals surface area (Å²) in [5.74, 6) is 0.779. The van der Waals surface area contributed by atoms with Gasteiger partial charge in [0.15, 0.2) is 0 Å². The SMILES string of the molecule is NC1=NC(I)=CC2=C(CCCCCC2)C1. The Morgan fingerprint density at radius 2 is 1.87 bits per heavy atom. The van der Waals surface area contributed by atoms with Gasteiger partial charge in [-0.2, -0.15) is 0 Å². The molecule has 15 heavy (non-hydrogen) atoms. The Hall–Kier alpha value is -0.320. The van der Waals surface area contributed by atoms with Crippen molar-refractivity contribution >= 4 is 28.4 Å². The highest BCUT2D eigenvalue weighted by molar-refractivity contribution is 14.1. The van der Waals surface area contributed by atoms with Crippen LogP contribution in [0.15, 0.2) is 25.9 Å². The topological polar surface area (TPSA) is 38.4 Å². The quantitative estimate of drug-likeness (QED) is 0.537. The molecule has 0 aromatic heterocycles. The highest BCUT2D eigenvalue weighted by atomic mass is 127. The Balaban J connectivity index is 2.28. The second kappa shape index (κ2) is 5.14. The van der Waals surface area contributed by atoms with Crippen molar-refractivity contribution in [3.63, 3.8) is 0 Å². The Kier molecular flexibility index (Phi) is 3.83. The van der Waals surface area contributed by atoms with Crippen molar-refractivity contribution in [2.75, 3.05) is 0 Å². The number of hydrogen-bond donors (Lipinski definition) is 1. The number of nitrogens with zero attached hydrogens (tertiary/aromatic N) is 1. The fraction of sp³-hybridized carbons (Fsp3) is 0.583. The zero-order valence-corrected chi connectivity index (χ0v) is 11.1. The molecular formula is C12H17IN2. The minimum atomic E-state index is 0.779. The predicted molar refractivity (Wildman–Crippen MR) is 73.1 cm³/mol. The van der Waals surface area contributed by atoms with Crippen LogP contribution in [0.5, 0.6) is 0 Å². The molecule has 2 aliphatic rings. The molecule has 0 atom stereocenters. The zero-order chi connectivity index (χ0) is 10.7. The monoisotopic (exact) mass is 316 g/mol. The number of nitrogens with two attached hydrogens (primary N) is 1. The number of aliphatic imine (C=N–C) groups is 1. The molecule has 0 aromatic rings. The second-order valence-corrected chi connectivity index (χ2v) is 5.40. The maximum atomic E-state index is 5.89. The summed E-state index contributed by atoms with van der Waals surface area (Å²) >= 11 is 2.27. The van der Waals surface area contributed by atoms with Gasteiger partial charge in [-0.25, -0.2) is 4.99 Å². The van der Waals surface area contributed by atoms with Crippen LogP contribution < -0.4 is 5.73 Å². The lowest BCUT2D eigenvalue weighted by Crippen LogP contribution is -2.12. The first-order valence-corrected chi connectivity index (χ1v) is 6.75. The number of rotatable bonds is 0. The summed E-state index contributed by atoms with van der Waals surface area (Å²) in [6, 6.07) is 0. The molecule has 3 heteroatoms. The summed E-state index contributed by atoms with van der Waals surface area (Å²) in [6.45, 7) is 0. The van der Waals surface area contributed by atoms with Gasteiger partial charge in [0.05, 0.1) is 0 Å². The molecular weight excluding hydrogens is 299 g/mol. The van der Waals surface area contributed by atoms with Crippen LogP contribution in [0, 0.1) is 0 Å². The van der Waals surface area contributed by atoms with Crippen LogP contribution in [0.25, 0.3) is 0 Å². The van der Waals surface area contributed by atoms with E-state index in [1.54, 1.807) is 0 Å². The molecule has 2 N–H and O–H groups in total. The van der Waals surface area contributed by atoms with E-state index in [0.29, 0.717) is 0 Å². The van der Waals surface area contributed by atoms with Gasteiger partial charge >= 0.3 is 0 Å². The van der Waals surface area contributed by atoms with E-state index in [2.05, 4.69) is 33.7 Å². The average Bonchev–Trinajstić information content (AvgIpc) is 2.26. The van der Waals surface area contributed by atoms with Gasteiger partial charge in [0.1, 0.15) is 9.54 Å². The summed E-state index contributed by atoms with van der Waals surface area (Å²) in [6.07, 6.45) is 10.9. The van der Waals surface area contributed by atoms with E-state index in [-0.39, 0.29) is 0 Å². The molecule has 2 nitrogen and oxygen atoms in total. The van der Waals surface area contributed by atoms with Gasteiger partial charge in [-0.1, -0.05) is 18.4 Å². The Bertz CT molecular complexity index is 340. The molecule has 0 fully saturated rings. The molecule has 1 aliphatic heterocycles. The van der Waals surface area contributed by atoms with Gasteiger partial charge in [-0.3, -0.25) is 0 Å². The van der Waals surface area contributed by atoms with E-state index in [1.807, 2.05) is 0 Å². The number of halogens is 1. The molecule has 0 radical (unpaired) electrons. The highest BCUT2D eigenvalue weighted by Crippen LogP contribution is 2.30. The molecule has 0 saturated heterocycles. The first kappa shape index (κ1) is 11.2. The smallest absolute Gasteiger partial charge is 0.104 e. The van der Waals surface area contributed by atoms with Crippen LogP contribution in [0.4, 0.5) is 0 Å². The average molecular weight is 316 g/mol. The van der Waals surface area contributed by atoms with Gasteiger partial charge in [-0.05, 0) is 59.9 Å². The molecule has 82 valence electrons. The Labute approximate surface area is 105 Å². The van der Waals surface area contributed by atoms with Crippen LogP contribution in [-0.4, -0.2) is 5.84 Å². The van der Waals surface area contributed by atoms with Gasteiger partial charge in [0.25, 0.3) is 0 Å². The molecule has 0 saturated carbocycles. The summed E-state index contributed by atoms with van der Waals surface area (Å²) in [5, 5.41) is 0. The maximum Gasteiger partial charge on any atom is 0.104 e. The minimum absolute atomic E-state index is 0.779. The van der Waals surface area contributed by atoms with Crippen molar-refractivity contribution in [3.05, 3.63) is 20.9 Å². The molecule has 0 amide bonds. The van der Waals surface area contributed by atoms with Gasteiger partial charge in [0.2, 0.25) is 0 Å². The van der Waals surface area contributed by atoms with Crippen LogP contribution in [-0.2, 0) is 0 Å². The lowest BCUT2D eigenvalue weighted by Gasteiger charge is -2.14. The van der Waals surface area contributed by atoms with E-state index in [0.717, 1.165) is 16.0 Å². The van der Waals surface area contributed by atoms with Gasteiger partial charge in [-0.15, -0.1) is 0 Å². The lowest BCUT2D eigenvalue weighted by atomic mass is 9.91. The summed E-state index contributed by atoms with van der Waals surface area (Å²) in [5.41, 5.74) is 8.93. The summed E-state index contributed by atoms with van der Waals surface area (Å²) < 4.78 is 1.04. The minimum Gasteiger partial charge on any atom is -0.387 e. The summed E-state index contributed by atoms with van der Waals surface area (Å²) in [7, 11) is 0. The van der Waals surface area contributed by atoms with Crippen molar-refractivity contribution in [2.24, 2.45) is 10.7 Å². The van der Waals surface area contributed by atoms with Gasteiger partial charge < -0.3 is 5.73 Å². The van der Waals surface area contributed by atoms with Crippen molar-refractivity contribution in [1.82, 2.24) is 0 Å². The molecule has 0 unspecified atom stereocenters. The lowest BCUT2D eigenvalue weighted by molar-refractivity contribution is 0.613. The van der Waals surface area contributed by atoms with Crippen LogP contribution >= 0.6 is 22.6 Å². The van der Waals surface area contributed by atoms with E-state index in [4.69, 9.17) is 5.73 Å². The Morgan fingerprint density at radius 1 is 1.13 bits per heavy atom. The highest BCUT2D eigenvalue weighted by Gasteiger charge is 2.13. The molecule has 1 aliphatic carbocycles. The van der Waals surface area contributed by atoms with Crippen LogP contribution in [0.2, 0.25) is 0 Å². The Morgan fingerprint density at radius 3 is 2.67 bits per heavy atom. The molecule has 2 rings (SSSR count). The first-order chi connectivity index (χ1) is 7.25. The first-order valence-electron chi connectivity index (χ1n) is 5.67. The fourth-order valence-corrected chi connectivity index (χ4v) is 2.98. The van der Waals surface area contributed by atoms with Gasteiger partial charge in [0, 0.05) is 6.42 Å². The third-order valence-corrected chi connectivity index (χ3v) is 3.62. The van der Waals surface area contributed by atoms with Crippen molar-refractivity contribution in [2.45, 2.75) is 44.9 Å². The molecule has 1 heterocycles. The van der Waals surface area contributed by atoms with Crippen molar-refractivity contribution < 1.29 is 0 Å². The third kappa shape index (κ3) is 3.06. The molecule has 0 spiro atoms. The van der Waals surface area contributed by atoms with Crippen LogP contribution in [0.3, 0.4) is 0 Å². The number of allylic oxidation sites excluding steroid dienone is 2. The van der Waals surface area contributed by atoms with Crippen molar-refractivity contribution in [1.29, 1.82) is 0 Å². The number of hydrogen-bond acceptors (Lipinski definition) is 2. The zero-order valence-electron chi connectivity index (χ0n) is 8.93. The molecule has 0 aromatic carbocycles. The van der Waals surface area contributed by atoms with Crippen molar-refractivity contribution in [3.8, 4) is 0 Å². The largest absolute Gasteiger partial charge is 0.387 e. The van der Waals surface area contributed by atoms with E-state index in [9.17, 15) is 0 Å². The van der Waals surface area contributed by atoms with Crippen LogP contribution in [0.1, 0.15) is 44.9 Å². The summed E-state index contributed by atoms with van der Waals surface area (Å²) in [4.78, 5) is 4.36. The standard InChI is InChI=1S/C12H17IN2/c13-11-7-9-5-3-1-2-4-6-10(9)8-12(14)15-11/h7H,1-6,8H2,(H2,14,15). The maximum absolute atomic E-state index is 5.89. The van der Waals surface area contributed by atoms with E-state index < -0.39 is 0 Å². The third-order valence-electron chi connectivity index (χ3n) is 3.07. The van der Waals surface area contributed by atoms with E-state index >= 15 is 0 Å². The van der Waals surface area contributed by atoms with E-state index in [1.165, 1.54) is 49.7 Å². The fourth-order valence-electron chi connectivity index (χ4n) is 2.29. The molecule has 0 bridgehead atoms.